The molecule has 2 heteroatoms. The molecule has 0 fully saturated rings. The molecule has 0 aliphatic heterocycles. The van der Waals surface area contributed by atoms with Gasteiger partial charge in [0.2, 0.25) is 0 Å². The third-order valence-corrected chi connectivity index (χ3v) is 4.75. The predicted molar refractivity (Wildman–Crippen MR) is 96.2 cm³/mol. The standard InChI is InChI=1S/C22H22FN/c1-2-3-4-5-16-6-8-17(9-7-16)18-10-11-19-13-21(15-24)22(23)14-20(19)12-18/h6-10,13-14H,2-5,11-12H2,1H3. The molecule has 0 amide bonds. The number of fused-ring (bicyclic) bond motifs is 1. The van der Waals surface area contributed by atoms with Crippen molar-refractivity contribution in [3.63, 3.8) is 0 Å². The molecule has 1 aliphatic carbocycles. The van der Waals surface area contributed by atoms with E-state index in [2.05, 4.69) is 37.3 Å². The molecule has 0 saturated carbocycles. The minimum atomic E-state index is -0.413. The van der Waals surface area contributed by atoms with E-state index in [9.17, 15) is 4.39 Å². The Morgan fingerprint density at radius 1 is 1.08 bits per heavy atom. The Balaban J connectivity index is 1.75. The van der Waals surface area contributed by atoms with Crippen LogP contribution in [-0.4, -0.2) is 0 Å². The van der Waals surface area contributed by atoms with E-state index in [1.165, 1.54) is 42.0 Å². The van der Waals surface area contributed by atoms with Crippen LogP contribution in [0.3, 0.4) is 0 Å². The minimum Gasteiger partial charge on any atom is -0.206 e. The Morgan fingerprint density at radius 3 is 2.58 bits per heavy atom. The maximum Gasteiger partial charge on any atom is 0.141 e. The molecular weight excluding hydrogens is 297 g/mol. The Labute approximate surface area is 143 Å². The second-order valence-corrected chi connectivity index (χ2v) is 6.48. The third kappa shape index (κ3) is 3.57. The van der Waals surface area contributed by atoms with Crippen LogP contribution in [0.1, 0.15) is 54.0 Å². The van der Waals surface area contributed by atoms with Gasteiger partial charge in [-0.2, -0.15) is 5.26 Å². The van der Waals surface area contributed by atoms with Gasteiger partial charge in [0.15, 0.2) is 0 Å². The molecule has 0 saturated heterocycles. The SMILES string of the molecule is CCCCCc1ccc(C2=CCc3cc(C#N)c(F)cc3C2)cc1. The van der Waals surface area contributed by atoms with E-state index in [0.29, 0.717) is 0 Å². The number of hydrogen-bond donors (Lipinski definition) is 0. The highest BCUT2D eigenvalue weighted by Gasteiger charge is 2.15. The first kappa shape index (κ1) is 16.5. The summed E-state index contributed by atoms with van der Waals surface area (Å²) in [4.78, 5) is 0. The summed E-state index contributed by atoms with van der Waals surface area (Å²) in [6.07, 6.45) is 8.59. The molecule has 0 aromatic heterocycles. The number of benzene rings is 2. The number of aryl methyl sites for hydroxylation is 1. The molecule has 1 nitrogen and oxygen atoms in total. The van der Waals surface area contributed by atoms with Crippen molar-refractivity contribution in [3.8, 4) is 6.07 Å². The molecule has 0 spiro atoms. The smallest absolute Gasteiger partial charge is 0.141 e. The molecular formula is C22H22FN. The molecule has 0 radical (unpaired) electrons. The predicted octanol–water partition coefficient (Wildman–Crippen LogP) is 5.61. The quantitative estimate of drug-likeness (QED) is 0.657. The fourth-order valence-electron chi connectivity index (χ4n) is 3.29. The lowest BCUT2D eigenvalue weighted by atomic mass is 9.87. The van der Waals surface area contributed by atoms with E-state index in [4.69, 9.17) is 5.26 Å². The number of rotatable bonds is 5. The van der Waals surface area contributed by atoms with Crippen molar-refractivity contribution in [1.82, 2.24) is 0 Å². The maximum atomic E-state index is 13.9. The fourth-order valence-corrected chi connectivity index (χ4v) is 3.29. The number of halogens is 1. The zero-order chi connectivity index (χ0) is 16.9. The van der Waals surface area contributed by atoms with Crippen LogP contribution < -0.4 is 0 Å². The number of unbranched alkanes of at least 4 members (excludes halogenated alkanes) is 2. The molecule has 1 aliphatic rings. The van der Waals surface area contributed by atoms with Crippen molar-refractivity contribution in [3.05, 3.63) is 76.1 Å². The molecule has 122 valence electrons. The molecule has 2 aromatic carbocycles. The molecule has 2 aromatic rings. The summed E-state index contributed by atoms with van der Waals surface area (Å²) in [5, 5.41) is 8.95. The van der Waals surface area contributed by atoms with Crippen LogP contribution in [0.5, 0.6) is 0 Å². The number of nitrogens with zero attached hydrogens (tertiary/aromatic N) is 1. The molecule has 3 rings (SSSR count). The van der Waals surface area contributed by atoms with Gasteiger partial charge in [-0.15, -0.1) is 0 Å². The molecule has 0 heterocycles. The van der Waals surface area contributed by atoms with E-state index in [-0.39, 0.29) is 5.56 Å². The largest absolute Gasteiger partial charge is 0.206 e. The molecule has 24 heavy (non-hydrogen) atoms. The van der Waals surface area contributed by atoms with E-state index < -0.39 is 5.82 Å². The van der Waals surface area contributed by atoms with Gasteiger partial charge in [-0.05, 0) is 65.6 Å². The van der Waals surface area contributed by atoms with E-state index in [0.717, 1.165) is 30.4 Å². The van der Waals surface area contributed by atoms with Gasteiger partial charge in [0.05, 0.1) is 5.56 Å². The first-order valence-electron chi connectivity index (χ1n) is 8.71. The van der Waals surface area contributed by atoms with Crippen LogP contribution in [-0.2, 0) is 19.3 Å². The van der Waals surface area contributed by atoms with Gasteiger partial charge in [-0.25, -0.2) is 4.39 Å². The van der Waals surface area contributed by atoms with E-state index in [1.807, 2.05) is 6.07 Å². The van der Waals surface area contributed by atoms with Crippen molar-refractivity contribution in [2.45, 2.75) is 45.4 Å². The highest BCUT2D eigenvalue weighted by atomic mass is 19.1. The second kappa shape index (κ2) is 7.45. The first-order valence-corrected chi connectivity index (χ1v) is 8.71. The van der Waals surface area contributed by atoms with Gasteiger partial charge in [0.25, 0.3) is 0 Å². The van der Waals surface area contributed by atoms with Crippen LogP contribution in [0.15, 0.2) is 42.5 Å². The lowest BCUT2D eigenvalue weighted by Gasteiger charge is -2.18. The van der Waals surface area contributed by atoms with Crippen molar-refractivity contribution < 1.29 is 4.39 Å². The van der Waals surface area contributed by atoms with Gasteiger partial charge in [0, 0.05) is 0 Å². The fraction of sp³-hybridized carbons (Fsp3) is 0.318. The highest BCUT2D eigenvalue weighted by Crippen LogP contribution is 2.29. The Hall–Kier alpha value is -2.40. The Kier molecular flexibility index (Phi) is 5.11. The maximum absolute atomic E-state index is 13.9. The zero-order valence-electron chi connectivity index (χ0n) is 14.1. The van der Waals surface area contributed by atoms with Crippen LogP contribution in [0.25, 0.3) is 5.57 Å². The van der Waals surface area contributed by atoms with Crippen LogP contribution in [0.4, 0.5) is 4.39 Å². The van der Waals surface area contributed by atoms with Gasteiger partial charge in [-0.1, -0.05) is 50.1 Å². The Bertz CT molecular complexity index is 794. The lowest BCUT2D eigenvalue weighted by molar-refractivity contribution is 0.621. The van der Waals surface area contributed by atoms with Crippen molar-refractivity contribution in [2.75, 3.05) is 0 Å². The molecule has 0 N–H and O–H groups in total. The van der Waals surface area contributed by atoms with Crippen molar-refractivity contribution >= 4 is 5.57 Å². The van der Waals surface area contributed by atoms with Crippen LogP contribution >= 0.6 is 0 Å². The Morgan fingerprint density at radius 2 is 1.88 bits per heavy atom. The summed E-state index contributed by atoms with van der Waals surface area (Å²) in [5.41, 5.74) is 6.04. The van der Waals surface area contributed by atoms with Crippen molar-refractivity contribution in [1.29, 1.82) is 5.26 Å². The number of allylic oxidation sites excluding steroid dienone is 2. The lowest BCUT2D eigenvalue weighted by Crippen LogP contribution is -2.05. The zero-order valence-corrected chi connectivity index (χ0v) is 14.1. The van der Waals surface area contributed by atoms with Gasteiger partial charge in [-0.3, -0.25) is 0 Å². The molecule has 0 unspecified atom stereocenters. The van der Waals surface area contributed by atoms with E-state index >= 15 is 0 Å². The van der Waals surface area contributed by atoms with E-state index in [1.54, 1.807) is 6.07 Å². The average molecular weight is 319 g/mol. The third-order valence-electron chi connectivity index (χ3n) is 4.75. The summed E-state index contributed by atoms with van der Waals surface area (Å²) in [6.45, 7) is 2.22. The summed E-state index contributed by atoms with van der Waals surface area (Å²) in [5.74, 6) is -0.413. The molecule has 0 atom stereocenters. The van der Waals surface area contributed by atoms with Gasteiger partial charge >= 0.3 is 0 Å². The summed E-state index contributed by atoms with van der Waals surface area (Å²) in [7, 11) is 0. The van der Waals surface area contributed by atoms with Gasteiger partial charge in [0.1, 0.15) is 11.9 Å². The number of hydrogen-bond acceptors (Lipinski definition) is 1. The summed E-state index contributed by atoms with van der Waals surface area (Å²) >= 11 is 0. The minimum absolute atomic E-state index is 0.141. The van der Waals surface area contributed by atoms with Crippen LogP contribution in [0.2, 0.25) is 0 Å². The summed E-state index contributed by atoms with van der Waals surface area (Å²) < 4.78 is 13.9. The number of nitriles is 1. The summed E-state index contributed by atoms with van der Waals surface area (Å²) in [6, 6.07) is 13.9. The topological polar surface area (TPSA) is 23.8 Å². The average Bonchev–Trinajstić information content (AvgIpc) is 2.61. The van der Waals surface area contributed by atoms with Gasteiger partial charge < -0.3 is 0 Å². The monoisotopic (exact) mass is 319 g/mol. The normalized spacial score (nSPS) is 13.1. The second-order valence-electron chi connectivity index (χ2n) is 6.48. The van der Waals surface area contributed by atoms with Crippen molar-refractivity contribution in [2.24, 2.45) is 0 Å². The first-order chi connectivity index (χ1) is 11.7. The van der Waals surface area contributed by atoms with Crippen LogP contribution in [0, 0.1) is 17.1 Å². The molecule has 0 bridgehead atoms. The highest BCUT2D eigenvalue weighted by molar-refractivity contribution is 5.71.